The van der Waals surface area contributed by atoms with Gasteiger partial charge < -0.3 is 63.6 Å². The van der Waals surface area contributed by atoms with Crippen LogP contribution >= 0.6 is 11.8 Å². The number of nitrogens with two attached hydrogens (primary N) is 2. The third kappa shape index (κ3) is 18.2. The van der Waals surface area contributed by atoms with Crippen molar-refractivity contribution in [2.24, 2.45) is 23.3 Å². The van der Waals surface area contributed by atoms with Crippen LogP contribution in [0.15, 0.2) is 43.0 Å². The second-order valence-electron chi connectivity index (χ2n) is 17.8. The number of thioether (sulfide) groups is 1. The molecule has 384 valence electrons. The van der Waals surface area contributed by atoms with Crippen LogP contribution in [0.2, 0.25) is 0 Å². The molecule has 70 heavy (non-hydrogen) atoms. The van der Waals surface area contributed by atoms with Crippen molar-refractivity contribution in [1.82, 2.24) is 57.1 Å². The van der Waals surface area contributed by atoms with Crippen molar-refractivity contribution >= 4 is 81.7 Å². The molecule has 24 heteroatoms. The lowest BCUT2D eigenvalue weighted by molar-refractivity contribution is -0.142. The average Bonchev–Trinajstić information content (AvgIpc) is 3.97. The van der Waals surface area contributed by atoms with Gasteiger partial charge in [-0.2, -0.15) is 11.8 Å². The number of aromatic amines is 2. The van der Waals surface area contributed by atoms with Crippen LogP contribution in [0.5, 0.6) is 0 Å². The molecule has 2 aromatic heterocycles. The lowest BCUT2D eigenvalue weighted by Gasteiger charge is -2.32. The third-order valence-corrected chi connectivity index (χ3v) is 11.9. The molecule has 0 bridgehead atoms. The third-order valence-electron chi connectivity index (χ3n) is 11.2. The normalized spacial score (nSPS) is 14.2. The number of likely N-dealkylation sites (N-methyl/N-ethyl adjacent to an activating group) is 1. The largest absolute Gasteiger partial charge is 0.370 e. The maximum Gasteiger partial charge on any atom is 0.245 e. The number of aromatic nitrogens is 3. The lowest BCUT2D eigenvalue weighted by atomic mass is 10.0. The second kappa shape index (κ2) is 27.9. The standard InChI is InChI=1S/C46H69N13O10S/c1-24(2)17-34(42(65)56-32(40(48)63)15-16-70-8)57-43(66)35(19-29-21-49-23-52-29)55-38(62)22-51-45(68)39(25(3)4)58-41(64)26(5)53-44(67)36(18-28-20-50-31-12-10-9-11-30(28)31)59(7)46(69)33(54-27(6)60)13-14-37(47)61/h9-12,20-21,23-26,32-36,39,50H,13-19,22H2,1-8H3,(H2,47,61)(H2,48,63)(H,49,52)(H,51,68)(H,53,67)(H,54,60)(H,55,62)(H,56,65)(H,57,66)(H,58,64)/t26-,32-,33-,34-,35-,36-,39-/m0/s1. The van der Waals surface area contributed by atoms with E-state index in [1.54, 1.807) is 20.0 Å². The van der Waals surface area contributed by atoms with E-state index in [1.165, 1.54) is 45.2 Å². The van der Waals surface area contributed by atoms with Crippen LogP contribution in [0, 0.1) is 11.8 Å². The molecule has 1 aromatic carbocycles. The number of nitrogens with one attached hydrogen (secondary N) is 9. The quantitative estimate of drug-likeness (QED) is 0.0390. The number of primary amides is 2. The number of carbonyl (C=O) groups is 10. The molecule has 3 rings (SSSR count). The van der Waals surface area contributed by atoms with Gasteiger partial charge in [-0.3, -0.25) is 47.9 Å². The van der Waals surface area contributed by atoms with Gasteiger partial charge in [-0.25, -0.2) is 4.98 Å². The Morgan fingerprint density at radius 1 is 0.743 bits per heavy atom. The maximum absolute atomic E-state index is 14.1. The van der Waals surface area contributed by atoms with Crippen molar-refractivity contribution in [3.63, 3.8) is 0 Å². The van der Waals surface area contributed by atoms with Crippen LogP contribution in [-0.2, 0) is 60.8 Å². The lowest BCUT2D eigenvalue weighted by Crippen LogP contribution is -2.59. The fourth-order valence-electron chi connectivity index (χ4n) is 7.41. The summed E-state index contributed by atoms with van der Waals surface area (Å²) in [6.45, 7) is 8.96. The number of hydrogen-bond acceptors (Lipinski definition) is 12. The van der Waals surface area contributed by atoms with Gasteiger partial charge in [0, 0.05) is 62.2 Å². The molecular formula is C46H69N13O10S. The van der Waals surface area contributed by atoms with Gasteiger partial charge in [-0.15, -0.1) is 0 Å². The fraction of sp³-hybridized carbons (Fsp3) is 0.543. The number of hydrogen-bond donors (Lipinski definition) is 11. The first-order valence-corrected chi connectivity index (χ1v) is 24.3. The Morgan fingerprint density at radius 2 is 1.41 bits per heavy atom. The first-order valence-electron chi connectivity index (χ1n) is 22.9. The van der Waals surface area contributed by atoms with Crippen LogP contribution in [0.1, 0.15) is 78.5 Å². The van der Waals surface area contributed by atoms with Crippen LogP contribution in [0.4, 0.5) is 0 Å². The van der Waals surface area contributed by atoms with Crippen LogP contribution in [0.3, 0.4) is 0 Å². The Morgan fingerprint density at radius 3 is 2.01 bits per heavy atom. The number of amides is 10. The SMILES string of the molecule is CSCC[C@H](NC(=O)[C@H](CC(C)C)NC(=O)[C@H](Cc1cnc[nH]1)NC(=O)CNC(=O)[C@@H](NC(=O)[C@H](C)NC(=O)[C@H](Cc1c[nH]c2ccccc12)N(C)C(=O)[C@H](CCC(N)=O)NC(C)=O)C(C)C)C(N)=O. The predicted molar refractivity (Wildman–Crippen MR) is 262 cm³/mol. The van der Waals surface area contributed by atoms with E-state index in [9.17, 15) is 47.9 Å². The van der Waals surface area contributed by atoms with Crippen LogP contribution in [0.25, 0.3) is 10.9 Å². The van der Waals surface area contributed by atoms with E-state index in [2.05, 4.69) is 52.2 Å². The molecule has 2 heterocycles. The summed E-state index contributed by atoms with van der Waals surface area (Å²) >= 11 is 1.47. The Kier molecular flexibility index (Phi) is 22.8. The highest BCUT2D eigenvalue weighted by molar-refractivity contribution is 7.98. The summed E-state index contributed by atoms with van der Waals surface area (Å²) in [4.78, 5) is 143. The summed E-state index contributed by atoms with van der Waals surface area (Å²) in [5.74, 6) is -7.10. The number of imidazole rings is 1. The summed E-state index contributed by atoms with van der Waals surface area (Å²) in [6, 6.07) is -0.920. The molecule has 0 fully saturated rings. The van der Waals surface area contributed by atoms with Crippen molar-refractivity contribution in [3.8, 4) is 0 Å². The van der Waals surface area contributed by atoms with Gasteiger partial charge in [0.05, 0.1) is 12.9 Å². The number of fused-ring (bicyclic) bond motifs is 1. The zero-order chi connectivity index (χ0) is 52.2. The molecule has 7 atom stereocenters. The summed E-state index contributed by atoms with van der Waals surface area (Å²) in [7, 11) is 1.37. The Labute approximate surface area is 411 Å². The highest BCUT2D eigenvalue weighted by Crippen LogP contribution is 2.21. The number of H-pyrrole nitrogens is 2. The molecule has 0 unspecified atom stereocenters. The minimum absolute atomic E-state index is 0.0255. The maximum atomic E-state index is 14.1. The first-order chi connectivity index (χ1) is 33.0. The number of rotatable bonds is 29. The van der Waals surface area contributed by atoms with Gasteiger partial charge in [0.1, 0.15) is 42.3 Å². The van der Waals surface area contributed by atoms with Crippen molar-refractivity contribution < 1.29 is 47.9 Å². The van der Waals surface area contributed by atoms with E-state index in [0.717, 1.165) is 15.8 Å². The van der Waals surface area contributed by atoms with Gasteiger partial charge in [0.2, 0.25) is 59.1 Å². The molecule has 0 saturated heterocycles. The van der Waals surface area contributed by atoms with E-state index in [1.807, 2.05) is 44.4 Å². The Bertz CT molecular complexity index is 2300. The smallest absolute Gasteiger partial charge is 0.245 e. The topological polar surface area (TPSA) is 355 Å². The molecule has 0 aliphatic heterocycles. The van der Waals surface area contributed by atoms with E-state index < -0.39 is 114 Å². The molecule has 13 N–H and O–H groups in total. The van der Waals surface area contributed by atoms with Gasteiger partial charge >= 0.3 is 0 Å². The molecule has 10 amide bonds. The molecule has 0 aliphatic carbocycles. The summed E-state index contributed by atoms with van der Waals surface area (Å²) < 4.78 is 0. The van der Waals surface area contributed by atoms with E-state index >= 15 is 0 Å². The molecule has 0 radical (unpaired) electrons. The highest BCUT2D eigenvalue weighted by Gasteiger charge is 2.36. The average molecular weight is 996 g/mol. The minimum atomic E-state index is -1.26. The van der Waals surface area contributed by atoms with E-state index in [0.29, 0.717) is 17.0 Å². The van der Waals surface area contributed by atoms with Gasteiger partial charge in [0.25, 0.3) is 0 Å². The van der Waals surface area contributed by atoms with Crippen molar-refractivity contribution in [3.05, 3.63) is 54.2 Å². The van der Waals surface area contributed by atoms with Crippen molar-refractivity contribution in [2.75, 3.05) is 25.6 Å². The zero-order valence-electron chi connectivity index (χ0n) is 40.9. The van der Waals surface area contributed by atoms with Gasteiger partial charge in [0.15, 0.2) is 0 Å². The Balaban J connectivity index is 1.74. The summed E-state index contributed by atoms with van der Waals surface area (Å²) in [5, 5.41) is 19.0. The molecule has 0 aliphatic rings. The number of carbonyl (C=O) groups excluding carboxylic acids is 10. The molecule has 0 saturated carbocycles. The second-order valence-corrected chi connectivity index (χ2v) is 18.8. The zero-order valence-corrected chi connectivity index (χ0v) is 41.8. The molecule has 0 spiro atoms. The number of para-hydroxylation sites is 1. The molecule has 23 nitrogen and oxygen atoms in total. The van der Waals surface area contributed by atoms with Gasteiger partial charge in [-0.05, 0) is 61.7 Å². The minimum Gasteiger partial charge on any atom is -0.370 e. The fourth-order valence-corrected chi connectivity index (χ4v) is 7.88. The van der Waals surface area contributed by atoms with E-state index in [-0.39, 0.29) is 44.4 Å². The molecule has 3 aromatic rings. The van der Waals surface area contributed by atoms with Crippen molar-refractivity contribution in [1.29, 1.82) is 0 Å². The molecular weight excluding hydrogens is 927 g/mol. The highest BCUT2D eigenvalue weighted by atomic mass is 32.2. The Hall–Kier alpha value is -6.98. The van der Waals surface area contributed by atoms with Crippen LogP contribution < -0.4 is 48.7 Å². The number of benzene rings is 1. The summed E-state index contributed by atoms with van der Waals surface area (Å²) in [5.41, 5.74) is 12.8. The number of nitrogens with zero attached hydrogens (tertiary/aromatic N) is 2. The van der Waals surface area contributed by atoms with Crippen LogP contribution in [-0.4, -0.2) is 147 Å². The monoisotopic (exact) mass is 996 g/mol. The summed E-state index contributed by atoms with van der Waals surface area (Å²) in [6.07, 6.45) is 6.41. The van der Waals surface area contributed by atoms with Crippen molar-refractivity contribution in [2.45, 2.75) is 122 Å². The van der Waals surface area contributed by atoms with Gasteiger partial charge in [-0.1, -0.05) is 45.9 Å². The first kappa shape index (κ1) is 57.3. The van der Waals surface area contributed by atoms with E-state index in [4.69, 9.17) is 11.5 Å². The predicted octanol–water partition coefficient (Wildman–Crippen LogP) is -1.23.